The van der Waals surface area contributed by atoms with Gasteiger partial charge in [-0.05, 0) is 48.9 Å². The van der Waals surface area contributed by atoms with Crippen LogP contribution in [-0.4, -0.2) is 63.1 Å². The summed E-state index contributed by atoms with van der Waals surface area (Å²) in [5, 5.41) is 8.91. The quantitative estimate of drug-likeness (QED) is 0.523. The largest absolute Gasteiger partial charge is 0.369 e. The fourth-order valence-electron chi connectivity index (χ4n) is 3.40. The number of amides is 1. The van der Waals surface area contributed by atoms with Crippen molar-refractivity contribution in [3.05, 3.63) is 52.5 Å². The first-order valence-corrected chi connectivity index (χ1v) is 11.2. The summed E-state index contributed by atoms with van der Waals surface area (Å²) in [5.74, 6) is 0.384. The monoisotopic (exact) mass is 431 g/mol. The Labute approximate surface area is 181 Å². The van der Waals surface area contributed by atoms with Crippen LogP contribution in [0.4, 0.5) is 10.1 Å². The highest BCUT2D eigenvalue weighted by molar-refractivity contribution is 7.09. The van der Waals surface area contributed by atoms with Gasteiger partial charge in [0.05, 0.1) is 0 Å². The number of halogens is 1. The maximum Gasteiger partial charge on any atom is 0.243 e. The Hall–Kier alpha value is -2.61. The number of carbonyl (C=O) groups is 1. The van der Waals surface area contributed by atoms with Gasteiger partial charge in [-0.15, -0.1) is 11.3 Å². The van der Waals surface area contributed by atoms with E-state index in [2.05, 4.69) is 32.0 Å². The number of hydrogen-bond acceptors (Lipinski definition) is 4. The third-order valence-electron chi connectivity index (χ3n) is 5.05. The zero-order chi connectivity index (χ0) is 21.3. The number of likely N-dealkylation sites (N-methyl/N-ethyl adjacent to an activating group) is 1. The average molecular weight is 432 g/mol. The second-order valence-electron chi connectivity index (χ2n) is 7.62. The Kier molecular flexibility index (Phi) is 8.07. The molecule has 6 nitrogen and oxygen atoms in total. The second-order valence-corrected chi connectivity index (χ2v) is 8.65. The number of benzene rings is 1. The van der Waals surface area contributed by atoms with Gasteiger partial charge < -0.3 is 20.4 Å². The first kappa shape index (κ1) is 22.1. The smallest absolute Gasteiger partial charge is 0.243 e. The topological polar surface area (TPSA) is 60.0 Å². The Morgan fingerprint density at radius 1 is 1.33 bits per heavy atom. The van der Waals surface area contributed by atoms with Crippen LogP contribution in [-0.2, 0) is 11.2 Å². The molecular weight excluding hydrogens is 401 g/mol. The number of guanidine groups is 1. The number of aliphatic imine (C=N–C) groups is 1. The number of anilines is 1. The first-order chi connectivity index (χ1) is 14.5. The van der Waals surface area contributed by atoms with E-state index in [0.717, 1.165) is 44.6 Å². The van der Waals surface area contributed by atoms with Crippen LogP contribution in [0.25, 0.3) is 0 Å². The lowest BCUT2D eigenvalue weighted by Gasteiger charge is -2.35. The van der Waals surface area contributed by atoms with Crippen LogP contribution in [0.5, 0.6) is 0 Å². The molecule has 8 heteroatoms. The summed E-state index contributed by atoms with van der Waals surface area (Å²) in [5.41, 5.74) is 0.897. The molecule has 1 atom stereocenters. The molecule has 0 aliphatic carbocycles. The highest BCUT2D eigenvalue weighted by Gasteiger charge is 2.21. The van der Waals surface area contributed by atoms with E-state index < -0.39 is 0 Å². The number of carbonyl (C=O) groups excluding carboxylic acids is 1. The molecule has 1 amide bonds. The van der Waals surface area contributed by atoms with Crippen LogP contribution >= 0.6 is 11.3 Å². The average Bonchev–Trinajstić information content (AvgIpc) is 3.25. The normalized spacial score (nSPS) is 17.0. The molecule has 1 saturated heterocycles. The van der Waals surface area contributed by atoms with Gasteiger partial charge >= 0.3 is 0 Å². The summed E-state index contributed by atoms with van der Waals surface area (Å²) in [4.78, 5) is 21.5. The summed E-state index contributed by atoms with van der Waals surface area (Å²) in [6.07, 6.45) is 2.91. The molecule has 1 aliphatic rings. The molecule has 30 heavy (non-hydrogen) atoms. The van der Waals surface area contributed by atoms with E-state index in [1.54, 1.807) is 42.5 Å². The minimum Gasteiger partial charge on any atom is -0.369 e. The molecule has 0 spiro atoms. The summed E-state index contributed by atoms with van der Waals surface area (Å²) in [7, 11) is 3.46. The van der Waals surface area contributed by atoms with E-state index in [4.69, 9.17) is 0 Å². The van der Waals surface area contributed by atoms with E-state index >= 15 is 0 Å². The van der Waals surface area contributed by atoms with Gasteiger partial charge in [0, 0.05) is 50.3 Å². The van der Waals surface area contributed by atoms with E-state index in [-0.39, 0.29) is 24.3 Å². The lowest BCUT2D eigenvalue weighted by Crippen LogP contribution is -2.51. The van der Waals surface area contributed by atoms with Gasteiger partial charge in [-0.3, -0.25) is 4.79 Å². The first-order valence-electron chi connectivity index (χ1n) is 10.3. The second kappa shape index (κ2) is 11.0. The van der Waals surface area contributed by atoms with Crippen molar-refractivity contribution in [3.8, 4) is 0 Å². The molecule has 1 fully saturated rings. The van der Waals surface area contributed by atoms with Crippen LogP contribution in [0, 0.1) is 5.82 Å². The maximum atomic E-state index is 13.6. The molecule has 2 heterocycles. The molecule has 1 aliphatic heterocycles. The third-order valence-corrected chi connectivity index (χ3v) is 5.99. The molecule has 1 unspecified atom stereocenters. The van der Waals surface area contributed by atoms with Gasteiger partial charge in [-0.1, -0.05) is 12.1 Å². The maximum absolute atomic E-state index is 13.6. The van der Waals surface area contributed by atoms with Crippen molar-refractivity contribution < 1.29 is 9.18 Å². The van der Waals surface area contributed by atoms with Crippen molar-refractivity contribution in [3.63, 3.8) is 0 Å². The SMILES string of the molecule is CN(C)C(=O)CN=C(NCCc1cccs1)NC1CCCN(c2cccc(F)c2)C1. The van der Waals surface area contributed by atoms with Gasteiger partial charge in [0.15, 0.2) is 5.96 Å². The minimum atomic E-state index is -0.220. The number of hydrogen-bond donors (Lipinski definition) is 2. The molecule has 0 bridgehead atoms. The van der Waals surface area contributed by atoms with Crippen molar-refractivity contribution in [1.82, 2.24) is 15.5 Å². The minimum absolute atomic E-state index is 0.0422. The van der Waals surface area contributed by atoms with Gasteiger partial charge in [0.2, 0.25) is 5.91 Å². The van der Waals surface area contributed by atoms with Crippen molar-refractivity contribution >= 4 is 28.9 Å². The number of nitrogens with zero attached hydrogens (tertiary/aromatic N) is 3. The molecule has 0 radical (unpaired) electrons. The van der Waals surface area contributed by atoms with Crippen LogP contribution in [0.2, 0.25) is 0 Å². The zero-order valence-corrected chi connectivity index (χ0v) is 18.4. The Morgan fingerprint density at radius 3 is 2.93 bits per heavy atom. The molecular formula is C22H30FN5OS. The molecule has 3 rings (SSSR count). The highest BCUT2D eigenvalue weighted by Crippen LogP contribution is 2.20. The summed E-state index contributed by atoms with van der Waals surface area (Å²) in [6, 6.07) is 11.1. The lowest BCUT2D eigenvalue weighted by molar-refractivity contribution is -0.127. The van der Waals surface area contributed by atoms with Crippen molar-refractivity contribution in [2.45, 2.75) is 25.3 Å². The summed E-state index contributed by atoms with van der Waals surface area (Å²) in [6.45, 7) is 2.50. The Bertz CT molecular complexity index is 840. The van der Waals surface area contributed by atoms with E-state index in [1.165, 1.54) is 10.9 Å². The Morgan fingerprint density at radius 2 is 2.20 bits per heavy atom. The highest BCUT2D eigenvalue weighted by atomic mass is 32.1. The van der Waals surface area contributed by atoms with Crippen molar-refractivity contribution in [1.29, 1.82) is 0 Å². The van der Waals surface area contributed by atoms with Gasteiger partial charge in [0.25, 0.3) is 0 Å². The number of thiophene rings is 1. The number of rotatable bonds is 7. The van der Waals surface area contributed by atoms with Crippen LogP contribution in [0.1, 0.15) is 17.7 Å². The molecule has 0 saturated carbocycles. The summed E-state index contributed by atoms with van der Waals surface area (Å²) >= 11 is 1.73. The summed E-state index contributed by atoms with van der Waals surface area (Å²) < 4.78 is 13.6. The van der Waals surface area contributed by atoms with E-state index in [0.29, 0.717) is 5.96 Å². The van der Waals surface area contributed by atoms with Crippen molar-refractivity contribution in [2.24, 2.45) is 4.99 Å². The van der Waals surface area contributed by atoms with Gasteiger partial charge in [0.1, 0.15) is 12.4 Å². The number of piperidine rings is 1. The predicted octanol–water partition coefficient (Wildman–Crippen LogP) is 2.72. The van der Waals surface area contributed by atoms with Crippen LogP contribution in [0.3, 0.4) is 0 Å². The Balaban J connectivity index is 1.61. The van der Waals surface area contributed by atoms with Gasteiger partial charge in [-0.2, -0.15) is 0 Å². The molecule has 1 aromatic heterocycles. The number of nitrogens with one attached hydrogen (secondary N) is 2. The molecule has 2 N–H and O–H groups in total. The van der Waals surface area contributed by atoms with E-state index in [1.807, 2.05) is 12.1 Å². The van der Waals surface area contributed by atoms with Crippen LogP contribution < -0.4 is 15.5 Å². The standard InChI is InChI=1S/C22H30FN5OS/c1-27(2)21(29)15-25-22(24-11-10-20-9-5-13-30-20)26-18-7-4-12-28(16-18)19-8-3-6-17(23)14-19/h3,5-6,8-9,13-14,18H,4,7,10-12,15-16H2,1-2H3,(H2,24,25,26). The fraction of sp³-hybridized carbons (Fsp3) is 0.455. The van der Waals surface area contributed by atoms with E-state index in [9.17, 15) is 9.18 Å². The zero-order valence-electron chi connectivity index (χ0n) is 17.6. The fourth-order valence-corrected chi connectivity index (χ4v) is 4.10. The lowest BCUT2D eigenvalue weighted by atomic mass is 10.0. The van der Waals surface area contributed by atoms with Crippen molar-refractivity contribution in [2.75, 3.05) is 45.2 Å². The van der Waals surface area contributed by atoms with Crippen LogP contribution in [0.15, 0.2) is 46.8 Å². The third kappa shape index (κ3) is 6.73. The predicted molar refractivity (Wildman–Crippen MR) is 122 cm³/mol. The molecule has 2 aromatic rings. The molecule has 162 valence electrons. The van der Waals surface area contributed by atoms with Gasteiger partial charge in [-0.25, -0.2) is 9.38 Å². The molecule has 1 aromatic carbocycles.